The van der Waals surface area contributed by atoms with Crippen LogP contribution in [0.25, 0.3) is 0 Å². The summed E-state index contributed by atoms with van der Waals surface area (Å²) in [5.74, 6) is 0.808. The maximum Gasteiger partial charge on any atom is 0.0661 e. The van der Waals surface area contributed by atoms with Crippen molar-refractivity contribution in [2.75, 3.05) is 13.2 Å². The fourth-order valence-electron chi connectivity index (χ4n) is 4.18. The minimum absolute atomic E-state index is 0.491. The van der Waals surface area contributed by atoms with Crippen molar-refractivity contribution < 1.29 is 4.74 Å². The van der Waals surface area contributed by atoms with Gasteiger partial charge in [-0.05, 0) is 51.0 Å². The quantitative estimate of drug-likeness (QED) is 0.660. The van der Waals surface area contributed by atoms with Crippen LogP contribution in [0, 0.1) is 11.3 Å². The first-order chi connectivity index (χ1) is 9.69. The molecular weight excluding hydrogens is 246 g/mol. The van der Waals surface area contributed by atoms with Crippen LogP contribution in [-0.4, -0.2) is 25.3 Å². The summed E-state index contributed by atoms with van der Waals surface area (Å²) in [7, 11) is 0. The Balaban J connectivity index is 1.79. The third-order valence-corrected chi connectivity index (χ3v) is 5.46. The molecule has 2 nitrogen and oxygen atoms in total. The zero-order valence-corrected chi connectivity index (χ0v) is 13.9. The van der Waals surface area contributed by atoms with E-state index in [1.54, 1.807) is 0 Å². The van der Waals surface area contributed by atoms with E-state index in [9.17, 15) is 0 Å². The van der Waals surface area contributed by atoms with E-state index < -0.39 is 0 Å². The summed E-state index contributed by atoms with van der Waals surface area (Å²) in [6.07, 6.45) is 12.6. The summed E-state index contributed by atoms with van der Waals surface area (Å²) >= 11 is 0. The molecule has 0 bridgehead atoms. The second-order valence-corrected chi connectivity index (χ2v) is 7.43. The molecule has 0 radical (unpaired) electrons. The van der Waals surface area contributed by atoms with Crippen LogP contribution in [0.5, 0.6) is 0 Å². The minimum Gasteiger partial charge on any atom is -0.378 e. The normalized spacial score (nSPS) is 28.8. The van der Waals surface area contributed by atoms with Gasteiger partial charge < -0.3 is 10.1 Å². The lowest BCUT2D eigenvalue weighted by Gasteiger charge is -2.58. The van der Waals surface area contributed by atoms with Crippen molar-refractivity contribution in [1.29, 1.82) is 0 Å². The Morgan fingerprint density at radius 2 is 1.95 bits per heavy atom. The first-order valence-corrected chi connectivity index (χ1v) is 9.04. The van der Waals surface area contributed by atoms with E-state index in [0.717, 1.165) is 18.6 Å². The standard InChI is InChI=1S/C18H35NO/c1-4-12-19-16-14-17(20-13-8-9-15(2)3)18(16)10-6-5-7-11-18/h15-17,19H,4-14H2,1-3H3. The fourth-order valence-corrected chi connectivity index (χ4v) is 4.18. The van der Waals surface area contributed by atoms with E-state index in [-0.39, 0.29) is 0 Å². The summed E-state index contributed by atoms with van der Waals surface area (Å²) in [4.78, 5) is 0. The van der Waals surface area contributed by atoms with Gasteiger partial charge in [-0.1, -0.05) is 40.0 Å². The number of hydrogen-bond donors (Lipinski definition) is 1. The summed E-state index contributed by atoms with van der Waals surface area (Å²) in [5.41, 5.74) is 0.491. The van der Waals surface area contributed by atoms with Gasteiger partial charge in [-0.3, -0.25) is 0 Å². The van der Waals surface area contributed by atoms with Crippen molar-refractivity contribution in [2.45, 2.75) is 90.7 Å². The average Bonchev–Trinajstić information content (AvgIpc) is 2.45. The molecule has 2 rings (SSSR count). The lowest BCUT2D eigenvalue weighted by Crippen LogP contribution is -2.64. The Morgan fingerprint density at radius 1 is 1.20 bits per heavy atom. The predicted octanol–water partition coefficient (Wildman–Crippen LogP) is 4.53. The highest BCUT2D eigenvalue weighted by molar-refractivity contribution is 5.08. The van der Waals surface area contributed by atoms with Gasteiger partial charge in [0.25, 0.3) is 0 Å². The molecule has 1 N–H and O–H groups in total. The molecular formula is C18H35NO. The summed E-state index contributed by atoms with van der Waals surface area (Å²) in [5, 5.41) is 3.79. The van der Waals surface area contributed by atoms with E-state index >= 15 is 0 Å². The van der Waals surface area contributed by atoms with Gasteiger partial charge in [0.1, 0.15) is 0 Å². The Kier molecular flexibility index (Phi) is 6.35. The third-order valence-electron chi connectivity index (χ3n) is 5.46. The zero-order valence-electron chi connectivity index (χ0n) is 13.9. The minimum atomic E-state index is 0.491. The highest BCUT2D eigenvalue weighted by Crippen LogP contribution is 2.53. The van der Waals surface area contributed by atoms with Crippen molar-refractivity contribution in [3.8, 4) is 0 Å². The van der Waals surface area contributed by atoms with Gasteiger partial charge in [0, 0.05) is 18.1 Å². The van der Waals surface area contributed by atoms with Gasteiger partial charge in [0.15, 0.2) is 0 Å². The maximum atomic E-state index is 6.29. The number of hydrogen-bond acceptors (Lipinski definition) is 2. The van der Waals surface area contributed by atoms with Gasteiger partial charge in [0.05, 0.1) is 6.10 Å². The molecule has 0 amide bonds. The Morgan fingerprint density at radius 3 is 2.60 bits per heavy atom. The molecule has 20 heavy (non-hydrogen) atoms. The molecule has 2 atom stereocenters. The van der Waals surface area contributed by atoms with Gasteiger partial charge in [0.2, 0.25) is 0 Å². The first-order valence-electron chi connectivity index (χ1n) is 9.04. The lowest BCUT2D eigenvalue weighted by atomic mass is 9.55. The van der Waals surface area contributed by atoms with Crippen molar-refractivity contribution in [1.82, 2.24) is 5.32 Å². The van der Waals surface area contributed by atoms with Crippen LogP contribution in [0.2, 0.25) is 0 Å². The highest BCUT2D eigenvalue weighted by Gasteiger charge is 2.55. The number of rotatable bonds is 8. The molecule has 118 valence electrons. The molecule has 2 aliphatic rings. The molecule has 0 aliphatic heterocycles. The Bertz CT molecular complexity index is 271. The average molecular weight is 281 g/mol. The molecule has 2 unspecified atom stereocenters. The maximum absolute atomic E-state index is 6.29. The van der Waals surface area contributed by atoms with Crippen LogP contribution in [0.3, 0.4) is 0 Å². The Labute approximate surface area is 126 Å². The van der Waals surface area contributed by atoms with Crippen LogP contribution in [0.1, 0.15) is 78.6 Å². The molecule has 0 saturated heterocycles. The van der Waals surface area contributed by atoms with Crippen molar-refractivity contribution in [3.05, 3.63) is 0 Å². The lowest BCUT2D eigenvalue weighted by molar-refractivity contribution is -0.153. The van der Waals surface area contributed by atoms with Crippen LogP contribution in [-0.2, 0) is 4.74 Å². The van der Waals surface area contributed by atoms with E-state index in [4.69, 9.17) is 4.74 Å². The third kappa shape index (κ3) is 3.76. The van der Waals surface area contributed by atoms with E-state index in [2.05, 4.69) is 26.1 Å². The molecule has 0 aromatic rings. The number of nitrogens with one attached hydrogen (secondary N) is 1. The van der Waals surface area contributed by atoms with Gasteiger partial charge in [-0.2, -0.15) is 0 Å². The predicted molar refractivity (Wildman–Crippen MR) is 86.0 cm³/mol. The Hall–Kier alpha value is -0.0800. The van der Waals surface area contributed by atoms with Gasteiger partial charge >= 0.3 is 0 Å². The second-order valence-electron chi connectivity index (χ2n) is 7.43. The van der Waals surface area contributed by atoms with Crippen LogP contribution in [0.15, 0.2) is 0 Å². The summed E-state index contributed by atoms with van der Waals surface area (Å²) in [6, 6.07) is 0.734. The van der Waals surface area contributed by atoms with E-state index in [1.165, 1.54) is 64.3 Å². The van der Waals surface area contributed by atoms with Crippen LogP contribution in [0.4, 0.5) is 0 Å². The topological polar surface area (TPSA) is 21.3 Å². The van der Waals surface area contributed by atoms with Crippen LogP contribution >= 0.6 is 0 Å². The van der Waals surface area contributed by atoms with Gasteiger partial charge in [-0.25, -0.2) is 0 Å². The van der Waals surface area contributed by atoms with Crippen molar-refractivity contribution in [2.24, 2.45) is 11.3 Å². The molecule has 2 fully saturated rings. The zero-order chi connectivity index (χ0) is 14.4. The SMILES string of the molecule is CCCNC1CC(OCCCC(C)C)C12CCCCC2. The smallest absolute Gasteiger partial charge is 0.0661 e. The summed E-state index contributed by atoms with van der Waals surface area (Å²) < 4.78 is 6.29. The summed E-state index contributed by atoms with van der Waals surface area (Å²) in [6.45, 7) is 9.02. The highest BCUT2D eigenvalue weighted by atomic mass is 16.5. The van der Waals surface area contributed by atoms with Crippen molar-refractivity contribution >= 4 is 0 Å². The molecule has 0 aromatic carbocycles. The fraction of sp³-hybridized carbons (Fsp3) is 1.00. The van der Waals surface area contributed by atoms with Crippen molar-refractivity contribution in [3.63, 3.8) is 0 Å². The van der Waals surface area contributed by atoms with Crippen LogP contribution < -0.4 is 5.32 Å². The molecule has 0 heterocycles. The molecule has 2 heteroatoms. The molecule has 2 saturated carbocycles. The second kappa shape index (κ2) is 7.79. The largest absolute Gasteiger partial charge is 0.378 e. The molecule has 0 aromatic heterocycles. The number of ether oxygens (including phenoxy) is 1. The molecule has 1 spiro atoms. The van der Waals surface area contributed by atoms with E-state index in [1.807, 2.05) is 0 Å². The molecule has 2 aliphatic carbocycles. The van der Waals surface area contributed by atoms with E-state index in [0.29, 0.717) is 11.5 Å². The van der Waals surface area contributed by atoms with Gasteiger partial charge in [-0.15, -0.1) is 0 Å². The monoisotopic (exact) mass is 281 g/mol. The first kappa shape index (κ1) is 16.3.